The second-order valence-electron chi connectivity index (χ2n) is 4.08. The van der Waals surface area contributed by atoms with E-state index in [-0.39, 0.29) is 0 Å². The Morgan fingerprint density at radius 1 is 1.25 bits per heavy atom. The first-order valence-corrected chi connectivity index (χ1v) is 6.71. The maximum absolute atomic E-state index is 4.03. The van der Waals surface area contributed by atoms with Gasteiger partial charge >= 0.3 is 0 Å². The minimum Gasteiger partial charge on any atom is -0.330 e. The highest BCUT2D eigenvalue weighted by Gasteiger charge is 1.96. The molecule has 2 heteroatoms. The Hall–Kier alpha value is -0.890. The average molecular weight is 235 g/mol. The van der Waals surface area contributed by atoms with Gasteiger partial charge in [0.1, 0.15) is 0 Å². The molecule has 0 aromatic heterocycles. The van der Waals surface area contributed by atoms with Crippen molar-refractivity contribution in [3.8, 4) is 0 Å². The van der Waals surface area contributed by atoms with Gasteiger partial charge in [0.05, 0.1) is 0 Å². The number of aryl methyl sites for hydroxylation is 1. The molecule has 0 saturated carbocycles. The molecule has 0 atom stereocenters. The topological polar surface area (TPSA) is 12.0 Å². The zero-order valence-electron chi connectivity index (χ0n) is 10.3. The molecule has 0 unspecified atom stereocenters. The lowest BCUT2D eigenvalue weighted by Crippen LogP contribution is -2.01. The molecular weight excluding hydrogens is 214 g/mol. The summed E-state index contributed by atoms with van der Waals surface area (Å²) < 4.78 is 3.30. The molecule has 88 valence electrons. The predicted molar refractivity (Wildman–Crippen MR) is 73.5 cm³/mol. The van der Waals surface area contributed by atoms with Gasteiger partial charge in [-0.3, -0.25) is 0 Å². The fourth-order valence-electron chi connectivity index (χ4n) is 1.38. The molecule has 0 amide bonds. The quantitative estimate of drug-likeness (QED) is 0.543. The van der Waals surface area contributed by atoms with Crippen molar-refractivity contribution < 1.29 is 0 Å². The normalized spacial score (nSPS) is 10.1. The van der Waals surface area contributed by atoms with E-state index < -0.39 is 0 Å². The number of allylic oxidation sites excluding steroid dienone is 1. The van der Waals surface area contributed by atoms with Gasteiger partial charge in [-0.25, -0.2) is 0 Å². The lowest BCUT2D eigenvalue weighted by atomic mass is 10.2. The van der Waals surface area contributed by atoms with Crippen LogP contribution in [0.15, 0.2) is 41.4 Å². The number of unbranched alkanes of at least 4 members (excludes halogenated alkanes) is 2. The third-order valence-corrected chi connectivity index (χ3v) is 3.31. The first kappa shape index (κ1) is 13.2. The Morgan fingerprint density at radius 3 is 2.56 bits per heavy atom. The Morgan fingerprint density at radius 2 is 1.94 bits per heavy atom. The van der Waals surface area contributed by atoms with Gasteiger partial charge in [0.2, 0.25) is 0 Å². The van der Waals surface area contributed by atoms with Crippen molar-refractivity contribution in [3.05, 3.63) is 42.1 Å². The van der Waals surface area contributed by atoms with Gasteiger partial charge < -0.3 is 4.72 Å². The summed E-state index contributed by atoms with van der Waals surface area (Å²) in [6.07, 6.45) is 4.86. The van der Waals surface area contributed by atoms with Crippen molar-refractivity contribution in [2.45, 2.75) is 44.4 Å². The van der Waals surface area contributed by atoms with Crippen molar-refractivity contribution in [2.75, 3.05) is 0 Å². The summed E-state index contributed by atoms with van der Waals surface area (Å²) in [5.74, 6) is 0. The summed E-state index contributed by atoms with van der Waals surface area (Å²) in [4.78, 5) is 1.24. The first-order valence-electron chi connectivity index (χ1n) is 5.89. The van der Waals surface area contributed by atoms with E-state index >= 15 is 0 Å². The molecule has 1 rings (SSSR count). The van der Waals surface area contributed by atoms with Crippen LogP contribution >= 0.6 is 11.9 Å². The van der Waals surface area contributed by atoms with Crippen LogP contribution in [-0.4, -0.2) is 0 Å². The van der Waals surface area contributed by atoms with Gasteiger partial charge in [-0.2, -0.15) is 0 Å². The van der Waals surface area contributed by atoms with E-state index in [0.29, 0.717) is 0 Å². The van der Waals surface area contributed by atoms with Crippen LogP contribution < -0.4 is 4.72 Å². The molecule has 0 aliphatic rings. The van der Waals surface area contributed by atoms with Gasteiger partial charge in [0.15, 0.2) is 0 Å². The van der Waals surface area contributed by atoms with Crippen molar-refractivity contribution in [1.82, 2.24) is 4.72 Å². The molecule has 16 heavy (non-hydrogen) atoms. The maximum Gasteiger partial charge on any atom is 0.0284 e. The summed E-state index contributed by atoms with van der Waals surface area (Å²) in [7, 11) is 0. The standard InChI is InChI=1S/C14H21NS/c1-4-5-6-7-13(3)15-16-14-10-8-12(2)9-11-14/h8-11,15H,3-7H2,1-2H3. The lowest BCUT2D eigenvalue weighted by molar-refractivity contribution is 0.705. The summed E-state index contributed by atoms with van der Waals surface area (Å²) in [5.41, 5.74) is 2.42. The van der Waals surface area contributed by atoms with Gasteiger partial charge in [-0.15, -0.1) is 0 Å². The van der Waals surface area contributed by atoms with E-state index in [1.807, 2.05) is 0 Å². The van der Waals surface area contributed by atoms with Crippen LogP contribution in [0.1, 0.15) is 38.2 Å². The molecule has 1 nitrogen and oxygen atoms in total. The molecule has 0 aliphatic carbocycles. The van der Waals surface area contributed by atoms with Gasteiger partial charge in [-0.1, -0.05) is 44.0 Å². The Kier molecular flexibility index (Phi) is 6.09. The molecule has 0 spiro atoms. The minimum absolute atomic E-state index is 1.08. The maximum atomic E-state index is 4.03. The minimum atomic E-state index is 1.08. The molecule has 0 heterocycles. The van der Waals surface area contributed by atoms with E-state index in [1.54, 1.807) is 11.9 Å². The Balaban J connectivity index is 2.23. The molecule has 1 aromatic carbocycles. The van der Waals surface area contributed by atoms with Crippen molar-refractivity contribution in [2.24, 2.45) is 0 Å². The smallest absolute Gasteiger partial charge is 0.0284 e. The first-order chi connectivity index (χ1) is 7.72. The van der Waals surface area contributed by atoms with Crippen LogP contribution in [0.4, 0.5) is 0 Å². The summed E-state index contributed by atoms with van der Waals surface area (Å²) >= 11 is 1.65. The van der Waals surface area contributed by atoms with Gasteiger partial charge in [0, 0.05) is 10.6 Å². The van der Waals surface area contributed by atoms with Crippen molar-refractivity contribution >= 4 is 11.9 Å². The Labute approximate surface area is 103 Å². The van der Waals surface area contributed by atoms with Crippen LogP contribution in [0, 0.1) is 6.92 Å². The molecule has 1 aromatic rings. The number of hydrogen-bond donors (Lipinski definition) is 1. The average Bonchev–Trinajstić information content (AvgIpc) is 2.29. The fourth-order valence-corrected chi connectivity index (χ4v) is 2.01. The monoisotopic (exact) mass is 235 g/mol. The third kappa shape index (κ3) is 5.26. The summed E-state index contributed by atoms with van der Waals surface area (Å²) in [5, 5.41) is 0. The highest BCUT2D eigenvalue weighted by Crippen LogP contribution is 2.17. The zero-order chi connectivity index (χ0) is 11.8. The molecule has 1 N–H and O–H groups in total. The van der Waals surface area contributed by atoms with E-state index in [2.05, 4.69) is 49.4 Å². The number of hydrogen-bond acceptors (Lipinski definition) is 2. The second kappa shape index (κ2) is 7.39. The lowest BCUT2D eigenvalue weighted by Gasteiger charge is -2.08. The summed E-state index contributed by atoms with van der Waals surface area (Å²) in [6.45, 7) is 8.35. The second-order valence-corrected chi connectivity index (χ2v) is 4.96. The predicted octanol–water partition coefficient (Wildman–Crippen LogP) is 4.69. The highest BCUT2D eigenvalue weighted by molar-refractivity contribution is 7.97. The summed E-state index contributed by atoms with van der Waals surface area (Å²) in [6, 6.07) is 8.52. The molecule has 0 fully saturated rings. The number of nitrogens with one attached hydrogen (secondary N) is 1. The molecular formula is C14H21NS. The molecule has 0 aliphatic heterocycles. The van der Waals surface area contributed by atoms with Crippen molar-refractivity contribution in [3.63, 3.8) is 0 Å². The van der Waals surface area contributed by atoms with E-state index in [1.165, 1.54) is 29.7 Å². The van der Waals surface area contributed by atoms with Gasteiger partial charge in [-0.05, 0) is 43.8 Å². The Bertz CT molecular complexity index is 316. The van der Waals surface area contributed by atoms with Crippen LogP contribution in [0.2, 0.25) is 0 Å². The van der Waals surface area contributed by atoms with E-state index in [9.17, 15) is 0 Å². The van der Waals surface area contributed by atoms with Crippen LogP contribution in [0.3, 0.4) is 0 Å². The molecule has 0 bridgehead atoms. The van der Waals surface area contributed by atoms with Crippen LogP contribution in [-0.2, 0) is 0 Å². The van der Waals surface area contributed by atoms with E-state index in [4.69, 9.17) is 0 Å². The fraction of sp³-hybridized carbons (Fsp3) is 0.429. The number of benzene rings is 1. The van der Waals surface area contributed by atoms with Crippen LogP contribution in [0.25, 0.3) is 0 Å². The molecule has 0 saturated heterocycles. The van der Waals surface area contributed by atoms with E-state index in [0.717, 1.165) is 12.1 Å². The van der Waals surface area contributed by atoms with Crippen molar-refractivity contribution in [1.29, 1.82) is 0 Å². The van der Waals surface area contributed by atoms with Gasteiger partial charge in [0.25, 0.3) is 0 Å². The highest BCUT2D eigenvalue weighted by atomic mass is 32.2. The van der Waals surface area contributed by atoms with Crippen LogP contribution in [0.5, 0.6) is 0 Å². The zero-order valence-corrected chi connectivity index (χ0v) is 11.1. The number of rotatable bonds is 7. The molecule has 0 radical (unpaired) electrons. The largest absolute Gasteiger partial charge is 0.330 e. The SMILES string of the molecule is C=C(CCCCC)NSc1ccc(C)cc1. The third-order valence-electron chi connectivity index (χ3n) is 2.42.